The molecule has 0 spiro atoms. The Balaban J connectivity index is 1.97. The van der Waals surface area contributed by atoms with Crippen LogP contribution in [0.2, 0.25) is 0 Å². The Morgan fingerprint density at radius 2 is 2.44 bits per heavy atom. The van der Waals surface area contributed by atoms with Crippen LogP contribution in [-0.4, -0.2) is 29.3 Å². The summed E-state index contributed by atoms with van der Waals surface area (Å²) >= 11 is 1.53. The van der Waals surface area contributed by atoms with Crippen molar-refractivity contribution in [2.75, 3.05) is 18.9 Å². The predicted molar refractivity (Wildman–Crippen MR) is 61.7 cm³/mol. The molecule has 16 heavy (non-hydrogen) atoms. The molecule has 3 heterocycles. The summed E-state index contributed by atoms with van der Waals surface area (Å²) in [7, 11) is 0. The topological polar surface area (TPSA) is 70.3 Å². The van der Waals surface area contributed by atoms with Crippen LogP contribution in [0.15, 0.2) is 11.4 Å². The van der Waals surface area contributed by atoms with Gasteiger partial charge in [0.2, 0.25) is 11.8 Å². The number of nitrogens with two attached hydrogens (primary N) is 1. The van der Waals surface area contributed by atoms with E-state index in [1.807, 2.05) is 11.4 Å². The minimum atomic E-state index is 0.0809. The second-order valence-corrected chi connectivity index (χ2v) is 4.52. The van der Waals surface area contributed by atoms with E-state index in [-0.39, 0.29) is 12.1 Å². The Hall–Kier alpha value is -1.40. The monoisotopic (exact) mass is 237 g/mol. The van der Waals surface area contributed by atoms with Crippen molar-refractivity contribution in [1.82, 2.24) is 9.97 Å². The lowest BCUT2D eigenvalue weighted by molar-refractivity contribution is 0.139. The van der Waals surface area contributed by atoms with Gasteiger partial charge in [-0.15, -0.1) is 11.3 Å². The summed E-state index contributed by atoms with van der Waals surface area (Å²) in [5.74, 6) is 0.822. The Morgan fingerprint density at radius 1 is 1.50 bits per heavy atom. The van der Waals surface area contributed by atoms with Gasteiger partial charge in [-0.05, 0) is 11.4 Å². The fraction of sp³-hybridized carbons (Fsp3) is 0.400. The van der Waals surface area contributed by atoms with Crippen LogP contribution >= 0.6 is 11.3 Å². The van der Waals surface area contributed by atoms with E-state index in [1.54, 1.807) is 0 Å². The molecular formula is C10H11N3O2S. The van der Waals surface area contributed by atoms with Crippen LogP contribution in [0.3, 0.4) is 0 Å². The summed E-state index contributed by atoms with van der Waals surface area (Å²) in [6, 6.07) is 1.95. The fourth-order valence-corrected chi connectivity index (χ4v) is 2.46. The SMILES string of the molecule is Nc1nc(OC2CCOC2)c2ccsc2n1. The van der Waals surface area contributed by atoms with Crippen molar-refractivity contribution in [3.8, 4) is 5.88 Å². The molecular weight excluding hydrogens is 226 g/mol. The van der Waals surface area contributed by atoms with Gasteiger partial charge in [-0.2, -0.15) is 4.98 Å². The van der Waals surface area contributed by atoms with Gasteiger partial charge in [-0.1, -0.05) is 0 Å². The highest BCUT2D eigenvalue weighted by Crippen LogP contribution is 2.28. The molecule has 0 amide bonds. The van der Waals surface area contributed by atoms with Crippen molar-refractivity contribution in [2.45, 2.75) is 12.5 Å². The van der Waals surface area contributed by atoms with Gasteiger partial charge in [0, 0.05) is 6.42 Å². The number of aromatic nitrogens is 2. The molecule has 2 aromatic heterocycles. The molecule has 0 saturated carbocycles. The number of anilines is 1. The minimum absolute atomic E-state index is 0.0809. The lowest BCUT2D eigenvalue weighted by Gasteiger charge is -2.11. The molecule has 0 bridgehead atoms. The summed E-state index contributed by atoms with van der Waals surface area (Å²) in [5.41, 5.74) is 5.63. The smallest absolute Gasteiger partial charge is 0.227 e. The quantitative estimate of drug-likeness (QED) is 0.855. The van der Waals surface area contributed by atoms with Crippen LogP contribution in [0.25, 0.3) is 10.2 Å². The van der Waals surface area contributed by atoms with Crippen molar-refractivity contribution in [1.29, 1.82) is 0 Å². The maximum absolute atomic E-state index is 5.78. The molecule has 1 atom stereocenters. The zero-order chi connectivity index (χ0) is 11.0. The first-order chi connectivity index (χ1) is 7.83. The van der Waals surface area contributed by atoms with E-state index in [2.05, 4.69) is 9.97 Å². The molecule has 6 heteroatoms. The van der Waals surface area contributed by atoms with E-state index in [0.717, 1.165) is 23.2 Å². The number of thiophene rings is 1. The second kappa shape index (κ2) is 3.88. The van der Waals surface area contributed by atoms with Crippen molar-refractivity contribution in [3.63, 3.8) is 0 Å². The normalized spacial score (nSPS) is 20.4. The molecule has 3 rings (SSSR count). The van der Waals surface area contributed by atoms with Crippen molar-refractivity contribution < 1.29 is 9.47 Å². The predicted octanol–water partition coefficient (Wildman–Crippen LogP) is 1.44. The van der Waals surface area contributed by atoms with E-state index in [1.165, 1.54) is 11.3 Å². The number of hydrogen-bond donors (Lipinski definition) is 1. The lowest BCUT2D eigenvalue weighted by atomic mass is 10.3. The summed E-state index contributed by atoms with van der Waals surface area (Å²) in [6.07, 6.45) is 0.979. The number of ether oxygens (including phenoxy) is 2. The molecule has 5 nitrogen and oxygen atoms in total. The van der Waals surface area contributed by atoms with Gasteiger partial charge in [-0.3, -0.25) is 0 Å². The first kappa shape index (κ1) is 9.80. The summed E-state index contributed by atoms with van der Waals surface area (Å²) in [6.45, 7) is 1.37. The van der Waals surface area contributed by atoms with E-state index in [4.69, 9.17) is 15.2 Å². The van der Waals surface area contributed by atoms with Crippen molar-refractivity contribution >= 4 is 27.5 Å². The maximum Gasteiger partial charge on any atom is 0.227 e. The zero-order valence-corrected chi connectivity index (χ0v) is 9.37. The first-order valence-electron chi connectivity index (χ1n) is 5.08. The average Bonchev–Trinajstić information content (AvgIpc) is 2.87. The number of nitrogen functional groups attached to an aromatic ring is 1. The fourth-order valence-electron chi connectivity index (χ4n) is 1.70. The standard InChI is InChI=1S/C10H11N3O2S/c11-10-12-8(15-6-1-3-14-5-6)7-2-4-16-9(7)13-10/h2,4,6H,1,3,5H2,(H2,11,12,13). The van der Waals surface area contributed by atoms with Crippen LogP contribution in [0.4, 0.5) is 5.95 Å². The van der Waals surface area contributed by atoms with Gasteiger partial charge in [0.1, 0.15) is 10.9 Å². The molecule has 1 fully saturated rings. The van der Waals surface area contributed by atoms with Crippen molar-refractivity contribution in [2.24, 2.45) is 0 Å². The molecule has 0 radical (unpaired) electrons. The largest absolute Gasteiger partial charge is 0.471 e. The zero-order valence-electron chi connectivity index (χ0n) is 8.55. The van der Waals surface area contributed by atoms with Gasteiger partial charge in [0.05, 0.1) is 18.6 Å². The molecule has 1 saturated heterocycles. The average molecular weight is 237 g/mol. The van der Waals surface area contributed by atoms with E-state index in [9.17, 15) is 0 Å². The van der Waals surface area contributed by atoms with Gasteiger partial charge in [-0.25, -0.2) is 4.98 Å². The third-order valence-corrected chi connectivity index (χ3v) is 3.28. The van der Waals surface area contributed by atoms with Gasteiger partial charge in [0.15, 0.2) is 0 Å². The number of hydrogen-bond acceptors (Lipinski definition) is 6. The number of fused-ring (bicyclic) bond motifs is 1. The third-order valence-electron chi connectivity index (χ3n) is 2.47. The molecule has 2 N–H and O–H groups in total. The minimum Gasteiger partial charge on any atom is -0.471 e. The summed E-state index contributed by atoms with van der Waals surface area (Å²) in [5, 5.41) is 2.88. The van der Waals surface area contributed by atoms with Gasteiger partial charge < -0.3 is 15.2 Å². The van der Waals surface area contributed by atoms with Crippen molar-refractivity contribution in [3.05, 3.63) is 11.4 Å². The highest BCUT2D eigenvalue weighted by Gasteiger charge is 2.19. The van der Waals surface area contributed by atoms with E-state index < -0.39 is 0 Å². The molecule has 1 aliphatic rings. The molecule has 0 aliphatic carbocycles. The molecule has 2 aromatic rings. The highest BCUT2D eigenvalue weighted by atomic mass is 32.1. The second-order valence-electron chi connectivity index (χ2n) is 3.63. The molecule has 0 aromatic carbocycles. The number of rotatable bonds is 2. The summed E-state index contributed by atoms with van der Waals surface area (Å²) < 4.78 is 11.0. The van der Waals surface area contributed by atoms with Crippen LogP contribution in [0.5, 0.6) is 5.88 Å². The Labute approximate surface area is 96.2 Å². The Kier molecular flexibility index (Phi) is 2.37. The molecule has 1 aliphatic heterocycles. The Morgan fingerprint density at radius 3 is 3.25 bits per heavy atom. The van der Waals surface area contributed by atoms with Gasteiger partial charge >= 0.3 is 0 Å². The molecule has 1 unspecified atom stereocenters. The van der Waals surface area contributed by atoms with Crippen LogP contribution in [0, 0.1) is 0 Å². The van der Waals surface area contributed by atoms with Crippen LogP contribution in [-0.2, 0) is 4.74 Å². The van der Waals surface area contributed by atoms with Crippen LogP contribution < -0.4 is 10.5 Å². The van der Waals surface area contributed by atoms with E-state index >= 15 is 0 Å². The van der Waals surface area contributed by atoms with Gasteiger partial charge in [0.25, 0.3) is 0 Å². The number of nitrogens with zero attached hydrogens (tertiary/aromatic N) is 2. The molecule has 84 valence electrons. The Bertz CT molecular complexity index is 508. The highest BCUT2D eigenvalue weighted by molar-refractivity contribution is 7.16. The summed E-state index contributed by atoms with van der Waals surface area (Å²) in [4.78, 5) is 9.14. The lowest BCUT2D eigenvalue weighted by Crippen LogP contribution is -2.17. The van der Waals surface area contributed by atoms with Crippen LogP contribution in [0.1, 0.15) is 6.42 Å². The van der Waals surface area contributed by atoms with E-state index in [0.29, 0.717) is 12.5 Å². The maximum atomic E-state index is 5.78. The first-order valence-corrected chi connectivity index (χ1v) is 5.96. The third kappa shape index (κ3) is 1.70.